The summed E-state index contributed by atoms with van der Waals surface area (Å²) in [6, 6.07) is 9.15. The third-order valence-electron chi connectivity index (χ3n) is 4.28. The summed E-state index contributed by atoms with van der Waals surface area (Å²) < 4.78 is 30.0. The van der Waals surface area contributed by atoms with Crippen molar-refractivity contribution < 1.29 is 8.42 Å². The molecule has 1 aromatic heterocycles. The van der Waals surface area contributed by atoms with Gasteiger partial charge in [-0.1, -0.05) is 44.2 Å². The van der Waals surface area contributed by atoms with Crippen LogP contribution in [0.4, 0.5) is 0 Å². The number of sulfonamides is 1. The molecule has 7 nitrogen and oxygen atoms in total. The highest BCUT2D eigenvalue weighted by atomic mass is 32.2. The van der Waals surface area contributed by atoms with Crippen molar-refractivity contribution in [3.8, 4) is 0 Å². The first-order valence-electron chi connectivity index (χ1n) is 8.55. The molecular formula is C17H24N4O3S. The highest BCUT2D eigenvalue weighted by Gasteiger charge is 2.27. The van der Waals surface area contributed by atoms with E-state index in [0.717, 1.165) is 5.56 Å². The topological polar surface area (TPSA) is 77.2 Å². The summed E-state index contributed by atoms with van der Waals surface area (Å²) in [6.45, 7) is 5.65. The lowest BCUT2D eigenvalue weighted by molar-refractivity contribution is 0.404. The van der Waals surface area contributed by atoms with Crippen molar-refractivity contribution in [2.75, 3.05) is 13.1 Å². The second-order valence-electron chi connectivity index (χ2n) is 6.82. The number of nitrogens with zero attached hydrogens (tertiary/aromatic N) is 4. The molecule has 1 aromatic carbocycles. The van der Waals surface area contributed by atoms with Gasteiger partial charge in [-0.05, 0) is 11.5 Å². The Labute approximate surface area is 147 Å². The molecule has 0 fully saturated rings. The van der Waals surface area contributed by atoms with Crippen molar-refractivity contribution in [2.24, 2.45) is 5.92 Å². The Bertz CT molecular complexity index is 884. The second-order valence-corrected chi connectivity index (χ2v) is 8.79. The lowest BCUT2D eigenvalue weighted by atomic mass is 10.2. The van der Waals surface area contributed by atoms with E-state index in [-0.39, 0.29) is 11.4 Å². The lowest BCUT2D eigenvalue weighted by Gasteiger charge is -2.19. The standard InChI is InChI=1S/C17H24N4O3S/c1-14(2)12-21-17(22)20-11-10-19(9-8-16(20)18-21)25(23,24)13-15-6-4-3-5-7-15/h3-7,14H,8-13H2,1-2H3. The SMILES string of the molecule is CC(C)Cn1nc2n(c1=O)CCN(S(=O)(=O)Cc1ccccc1)CC2. The molecule has 136 valence electrons. The van der Waals surface area contributed by atoms with Crippen LogP contribution < -0.4 is 5.69 Å². The van der Waals surface area contributed by atoms with Crippen LogP contribution in [-0.4, -0.2) is 40.2 Å². The Morgan fingerprint density at radius 2 is 1.84 bits per heavy atom. The van der Waals surface area contributed by atoms with E-state index >= 15 is 0 Å². The van der Waals surface area contributed by atoms with Gasteiger partial charge < -0.3 is 0 Å². The van der Waals surface area contributed by atoms with E-state index in [1.165, 1.54) is 8.99 Å². The van der Waals surface area contributed by atoms with Crippen molar-refractivity contribution in [3.05, 3.63) is 52.2 Å². The van der Waals surface area contributed by atoms with E-state index in [2.05, 4.69) is 5.10 Å². The number of rotatable bonds is 5. The molecule has 8 heteroatoms. The van der Waals surface area contributed by atoms with Crippen LogP contribution in [0.25, 0.3) is 0 Å². The molecule has 0 spiro atoms. The van der Waals surface area contributed by atoms with Crippen LogP contribution in [0.3, 0.4) is 0 Å². The van der Waals surface area contributed by atoms with Crippen LogP contribution in [0.5, 0.6) is 0 Å². The summed E-state index contributed by atoms with van der Waals surface area (Å²) in [5.41, 5.74) is 0.620. The number of benzene rings is 1. The van der Waals surface area contributed by atoms with Crippen LogP contribution in [0, 0.1) is 5.92 Å². The van der Waals surface area contributed by atoms with Crippen molar-refractivity contribution in [2.45, 2.75) is 39.1 Å². The van der Waals surface area contributed by atoms with E-state index < -0.39 is 10.0 Å². The number of hydrogen-bond donors (Lipinski definition) is 0. The zero-order chi connectivity index (χ0) is 18.0. The molecule has 0 radical (unpaired) electrons. The predicted octanol–water partition coefficient (Wildman–Crippen LogP) is 1.09. The van der Waals surface area contributed by atoms with Gasteiger partial charge in [-0.15, -0.1) is 0 Å². The minimum Gasteiger partial charge on any atom is -0.278 e. The maximum absolute atomic E-state index is 12.7. The third kappa shape index (κ3) is 4.01. The molecule has 0 amide bonds. The molecule has 0 N–H and O–H groups in total. The first-order valence-corrected chi connectivity index (χ1v) is 10.2. The Morgan fingerprint density at radius 3 is 2.52 bits per heavy atom. The molecular weight excluding hydrogens is 340 g/mol. The van der Waals surface area contributed by atoms with Crippen LogP contribution in [0.15, 0.2) is 35.1 Å². The normalized spacial score (nSPS) is 16.0. The smallest absolute Gasteiger partial charge is 0.278 e. The third-order valence-corrected chi connectivity index (χ3v) is 6.13. The van der Waals surface area contributed by atoms with Crippen LogP contribution >= 0.6 is 0 Å². The zero-order valence-corrected chi connectivity index (χ0v) is 15.4. The van der Waals surface area contributed by atoms with Crippen molar-refractivity contribution in [1.82, 2.24) is 18.7 Å². The zero-order valence-electron chi connectivity index (χ0n) is 14.6. The fraction of sp³-hybridized carbons (Fsp3) is 0.529. The molecule has 0 aliphatic carbocycles. The average molecular weight is 364 g/mol. The second kappa shape index (κ2) is 7.13. The molecule has 1 aliphatic rings. The maximum Gasteiger partial charge on any atom is 0.345 e. The summed E-state index contributed by atoms with van der Waals surface area (Å²) in [4.78, 5) is 12.4. The van der Waals surface area contributed by atoms with Crippen molar-refractivity contribution in [1.29, 1.82) is 0 Å². The van der Waals surface area contributed by atoms with Gasteiger partial charge in [0.05, 0.1) is 5.75 Å². The van der Waals surface area contributed by atoms with Gasteiger partial charge >= 0.3 is 5.69 Å². The van der Waals surface area contributed by atoms with Gasteiger partial charge in [0.2, 0.25) is 10.0 Å². The van der Waals surface area contributed by atoms with E-state index in [9.17, 15) is 13.2 Å². The largest absolute Gasteiger partial charge is 0.345 e. The molecule has 25 heavy (non-hydrogen) atoms. The van der Waals surface area contributed by atoms with Gasteiger partial charge in [-0.25, -0.2) is 17.9 Å². The molecule has 3 rings (SSSR count). The minimum absolute atomic E-state index is 0.0201. The first-order chi connectivity index (χ1) is 11.9. The van der Waals surface area contributed by atoms with E-state index in [0.29, 0.717) is 44.3 Å². The Kier molecular flexibility index (Phi) is 5.10. The Hall–Kier alpha value is -1.93. The minimum atomic E-state index is -3.41. The molecule has 2 aromatic rings. The van der Waals surface area contributed by atoms with Gasteiger partial charge in [-0.2, -0.15) is 9.40 Å². The average Bonchev–Trinajstić information content (AvgIpc) is 2.72. The van der Waals surface area contributed by atoms with Crippen molar-refractivity contribution in [3.63, 3.8) is 0 Å². The predicted molar refractivity (Wildman–Crippen MR) is 95.7 cm³/mol. The molecule has 0 saturated heterocycles. The fourth-order valence-electron chi connectivity index (χ4n) is 3.06. The van der Waals surface area contributed by atoms with E-state index in [1.54, 1.807) is 4.57 Å². The summed E-state index contributed by atoms with van der Waals surface area (Å²) in [7, 11) is -3.41. The number of hydrogen-bond acceptors (Lipinski definition) is 4. The molecule has 0 unspecified atom stereocenters. The maximum atomic E-state index is 12.7. The van der Waals surface area contributed by atoms with E-state index in [1.807, 2.05) is 44.2 Å². The monoisotopic (exact) mass is 364 g/mol. The van der Waals surface area contributed by atoms with Gasteiger partial charge in [0, 0.05) is 32.6 Å². The molecule has 2 heterocycles. The summed E-state index contributed by atoms with van der Waals surface area (Å²) in [5.74, 6) is 0.982. The van der Waals surface area contributed by atoms with Gasteiger partial charge in [0.1, 0.15) is 5.82 Å². The van der Waals surface area contributed by atoms with Crippen molar-refractivity contribution >= 4 is 10.0 Å². The van der Waals surface area contributed by atoms with Crippen LogP contribution in [0.2, 0.25) is 0 Å². The van der Waals surface area contributed by atoms with Gasteiger partial charge in [-0.3, -0.25) is 4.57 Å². The lowest BCUT2D eigenvalue weighted by Crippen LogP contribution is -2.36. The molecule has 0 bridgehead atoms. The summed E-state index contributed by atoms with van der Waals surface area (Å²) in [5, 5.41) is 4.40. The Balaban J connectivity index is 1.75. The van der Waals surface area contributed by atoms with Crippen LogP contribution in [0.1, 0.15) is 25.2 Å². The Morgan fingerprint density at radius 1 is 1.12 bits per heavy atom. The quantitative estimate of drug-likeness (QED) is 0.796. The van der Waals surface area contributed by atoms with E-state index in [4.69, 9.17) is 0 Å². The fourth-order valence-corrected chi connectivity index (χ4v) is 4.59. The molecule has 0 atom stereocenters. The van der Waals surface area contributed by atoms with Crippen LogP contribution in [-0.2, 0) is 35.3 Å². The number of fused-ring (bicyclic) bond motifs is 1. The summed E-state index contributed by atoms with van der Waals surface area (Å²) >= 11 is 0. The number of aromatic nitrogens is 3. The highest BCUT2D eigenvalue weighted by molar-refractivity contribution is 7.88. The highest BCUT2D eigenvalue weighted by Crippen LogP contribution is 2.14. The van der Waals surface area contributed by atoms with Gasteiger partial charge in [0.15, 0.2) is 0 Å². The first kappa shape index (κ1) is 17.9. The van der Waals surface area contributed by atoms with Gasteiger partial charge in [0.25, 0.3) is 0 Å². The molecule has 1 aliphatic heterocycles. The molecule has 0 saturated carbocycles. The summed E-state index contributed by atoms with van der Waals surface area (Å²) in [6.07, 6.45) is 0.453.